The van der Waals surface area contributed by atoms with Gasteiger partial charge in [-0.3, -0.25) is 4.79 Å². The third kappa shape index (κ3) is 2.73. The summed E-state index contributed by atoms with van der Waals surface area (Å²) in [5, 5.41) is 3.70. The minimum absolute atomic E-state index is 0.210. The number of nitrogen functional groups attached to an aromatic ring is 1. The van der Waals surface area contributed by atoms with Crippen LogP contribution < -0.4 is 11.1 Å². The van der Waals surface area contributed by atoms with Crippen molar-refractivity contribution < 1.29 is 9.18 Å². The molecule has 0 atom stereocenters. The molecule has 0 fully saturated rings. The molecular weight excluding hydrogens is 287 g/mol. The van der Waals surface area contributed by atoms with Gasteiger partial charge in [-0.2, -0.15) is 0 Å². The number of hydrogen-bond donors (Lipinski definition) is 2. The first-order chi connectivity index (χ1) is 10.1. The van der Waals surface area contributed by atoms with Crippen LogP contribution >= 0.6 is 11.3 Å². The largest absolute Gasteiger partial charge is 0.397 e. The number of amides is 1. The van der Waals surface area contributed by atoms with Crippen molar-refractivity contribution in [2.75, 3.05) is 5.73 Å². The van der Waals surface area contributed by atoms with Gasteiger partial charge < -0.3 is 11.1 Å². The van der Waals surface area contributed by atoms with E-state index in [4.69, 9.17) is 5.73 Å². The van der Waals surface area contributed by atoms with Crippen molar-refractivity contribution in [2.45, 2.75) is 6.54 Å². The van der Waals surface area contributed by atoms with Crippen LogP contribution in [0.25, 0.3) is 10.1 Å². The zero-order valence-corrected chi connectivity index (χ0v) is 11.9. The summed E-state index contributed by atoms with van der Waals surface area (Å²) in [5.74, 6) is -0.503. The molecule has 1 aromatic heterocycles. The van der Waals surface area contributed by atoms with Gasteiger partial charge >= 0.3 is 0 Å². The average Bonchev–Trinajstić information content (AvgIpc) is 2.84. The number of hydrogen-bond acceptors (Lipinski definition) is 3. The molecular formula is C16H13FN2OS. The number of halogens is 1. The first-order valence-electron chi connectivity index (χ1n) is 6.45. The van der Waals surface area contributed by atoms with Crippen LogP contribution in [-0.4, -0.2) is 5.91 Å². The van der Waals surface area contributed by atoms with E-state index in [1.165, 1.54) is 23.5 Å². The summed E-state index contributed by atoms with van der Waals surface area (Å²) < 4.78 is 13.8. The van der Waals surface area contributed by atoms with Crippen molar-refractivity contribution >= 4 is 33.0 Å². The smallest absolute Gasteiger partial charge is 0.263 e. The number of anilines is 1. The number of nitrogens with one attached hydrogen (secondary N) is 1. The van der Waals surface area contributed by atoms with E-state index in [0.29, 0.717) is 17.1 Å². The van der Waals surface area contributed by atoms with E-state index in [1.807, 2.05) is 24.3 Å². The van der Waals surface area contributed by atoms with E-state index >= 15 is 0 Å². The average molecular weight is 300 g/mol. The number of fused-ring (bicyclic) bond motifs is 1. The van der Waals surface area contributed by atoms with Gasteiger partial charge in [0.1, 0.15) is 10.7 Å². The molecule has 0 bridgehead atoms. The molecule has 1 heterocycles. The van der Waals surface area contributed by atoms with E-state index in [1.54, 1.807) is 12.1 Å². The highest BCUT2D eigenvalue weighted by atomic mass is 32.1. The number of thiophene rings is 1. The highest BCUT2D eigenvalue weighted by molar-refractivity contribution is 7.21. The topological polar surface area (TPSA) is 55.1 Å². The molecule has 5 heteroatoms. The molecule has 106 valence electrons. The zero-order valence-electron chi connectivity index (χ0n) is 11.1. The van der Waals surface area contributed by atoms with Crippen LogP contribution in [0, 0.1) is 5.82 Å². The summed E-state index contributed by atoms with van der Waals surface area (Å²) in [6.07, 6.45) is 0. The fourth-order valence-electron chi connectivity index (χ4n) is 2.10. The normalized spacial score (nSPS) is 10.7. The quantitative estimate of drug-likeness (QED) is 0.777. The SMILES string of the molecule is Nc1c(C(=O)NCc2ccc(F)cc2)sc2ccccc12. The maximum absolute atomic E-state index is 12.8. The van der Waals surface area contributed by atoms with Gasteiger partial charge in [0, 0.05) is 16.6 Å². The summed E-state index contributed by atoms with van der Waals surface area (Å²) in [5.41, 5.74) is 7.37. The third-order valence-corrected chi connectivity index (χ3v) is 4.39. The fraction of sp³-hybridized carbons (Fsp3) is 0.0625. The molecule has 0 aliphatic rings. The van der Waals surface area contributed by atoms with Crippen LogP contribution in [0.2, 0.25) is 0 Å². The number of rotatable bonds is 3. The summed E-state index contributed by atoms with van der Waals surface area (Å²) in [4.78, 5) is 12.7. The summed E-state index contributed by atoms with van der Waals surface area (Å²) in [7, 11) is 0. The molecule has 0 unspecified atom stereocenters. The molecule has 0 aliphatic carbocycles. The number of nitrogens with two attached hydrogens (primary N) is 1. The highest BCUT2D eigenvalue weighted by Gasteiger charge is 2.15. The number of benzene rings is 2. The first kappa shape index (κ1) is 13.6. The van der Waals surface area contributed by atoms with Gasteiger partial charge in [0.15, 0.2) is 0 Å². The molecule has 0 spiro atoms. The van der Waals surface area contributed by atoms with E-state index in [0.717, 1.165) is 15.6 Å². The van der Waals surface area contributed by atoms with Crippen LogP contribution in [0.5, 0.6) is 0 Å². The summed E-state index contributed by atoms with van der Waals surface area (Å²) >= 11 is 1.37. The molecule has 3 N–H and O–H groups in total. The van der Waals surface area contributed by atoms with Crippen LogP contribution in [0.15, 0.2) is 48.5 Å². The Hall–Kier alpha value is -2.40. The second-order valence-electron chi connectivity index (χ2n) is 4.65. The second-order valence-corrected chi connectivity index (χ2v) is 5.70. The summed E-state index contributed by atoms with van der Waals surface area (Å²) in [6, 6.07) is 13.7. The zero-order chi connectivity index (χ0) is 14.8. The molecule has 1 amide bonds. The first-order valence-corrected chi connectivity index (χ1v) is 7.26. The lowest BCUT2D eigenvalue weighted by Gasteiger charge is -2.04. The van der Waals surface area contributed by atoms with Crippen molar-refractivity contribution in [2.24, 2.45) is 0 Å². The van der Waals surface area contributed by atoms with E-state index < -0.39 is 0 Å². The summed E-state index contributed by atoms with van der Waals surface area (Å²) in [6.45, 7) is 0.340. The predicted octanol–water partition coefficient (Wildman–Crippen LogP) is 3.55. The molecule has 3 aromatic rings. The van der Waals surface area contributed by atoms with Gasteiger partial charge in [-0.15, -0.1) is 11.3 Å². The van der Waals surface area contributed by atoms with Crippen molar-refractivity contribution in [3.8, 4) is 0 Å². The van der Waals surface area contributed by atoms with Gasteiger partial charge in [-0.05, 0) is 23.8 Å². The Kier molecular flexibility index (Phi) is 3.58. The molecule has 2 aromatic carbocycles. The van der Waals surface area contributed by atoms with Gasteiger partial charge in [0.25, 0.3) is 5.91 Å². The van der Waals surface area contributed by atoms with E-state index in [2.05, 4.69) is 5.32 Å². The van der Waals surface area contributed by atoms with Crippen molar-refractivity contribution in [1.29, 1.82) is 0 Å². The van der Waals surface area contributed by atoms with E-state index in [9.17, 15) is 9.18 Å². The number of carbonyl (C=O) groups excluding carboxylic acids is 1. The fourth-order valence-corrected chi connectivity index (χ4v) is 3.14. The van der Waals surface area contributed by atoms with Crippen LogP contribution in [0.4, 0.5) is 10.1 Å². The standard InChI is InChI=1S/C16H13FN2OS/c17-11-7-5-10(6-8-11)9-19-16(20)15-14(18)12-3-1-2-4-13(12)21-15/h1-8H,9,18H2,(H,19,20). The van der Waals surface area contributed by atoms with Gasteiger partial charge in [0.2, 0.25) is 0 Å². The van der Waals surface area contributed by atoms with Gasteiger partial charge in [-0.25, -0.2) is 4.39 Å². The maximum Gasteiger partial charge on any atom is 0.263 e. The lowest BCUT2D eigenvalue weighted by molar-refractivity contribution is 0.0956. The van der Waals surface area contributed by atoms with Crippen LogP contribution in [0.1, 0.15) is 15.2 Å². The Morgan fingerprint density at radius 2 is 1.86 bits per heavy atom. The molecule has 0 aliphatic heterocycles. The molecule has 0 saturated carbocycles. The second kappa shape index (κ2) is 5.54. The molecule has 0 saturated heterocycles. The molecule has 0 radical (unpaired) electrons. The van der Waals surface area contributed by atoms with Crippen molar-refractivity contribution in [3.05, 3.63) is 64.8 Å². The molecule has 3 nitrogen and oxygen atoms in total. The van der Waals surface area contributed by atoms with Gasteiger partial charge in [-0.1, -0.05) is 30.3 Å². The maximum atomic E-state index is 12.8. The minimum atomic E-state index is -0.293. The highest BCUT2D eigenvalue weighted by Crippen LogP contribution is 2.33. The number of carbonyl (C=O) groups is 1. The van der Waals surface area contributed by atoms with Crippen LogP contribution in [0.3, 0.4) is 0 Å². The Labute approximate surface area is 125 Å². The molecule has 21 heavy (non-hydrogen) atoms. The molecule has 3 rings (SSSR count). The van der Waals surface area contributed by atoms with Crippen molar-refractivity contribution in [1.82, 2.24) is 5.32 Å². The Bertz CT molecular complexity index is 796. The Morgan fingerprint density at radius 1 is 1.14 bits per heavy atom. The Morgan fingerprint density at radius 3 is 2.57 bits per heavy atom. The lowest BCUT2D eigenvalue weighted by atomic mass is 10.2. The van der Waals surface area contributed by atoms with E-state index in [-0.39, 0.29) is 11.7 Å². The lowest BCUT2D eigenvalue weighted by Crippen LogP contribution is -2.22. The minimum Gasteiger partial charge on any atom is -0.397 e. The van der Waals surface area contributed by atoms with Gasteiger partial charge in [0.05, 0.1) is 5.69 Å². The third-order valence-electron chi connectivity index (χ3n) is 3.21. The monoisotopic (exact) mass is 300 g/mol. The predicted molar refractivity (Wildman–Crippen MR) is 83.8 cm³/mol. The van der Waals surface area contributed by atoms with Crippen LogP contribution in [-0.2, 0) is 6.54 Å². The Balaban J connectivity index is 1.78. The van der Waals surface area contributed by atoms with Crippen molar-refractivity contribution in [3.63, 3.8) is 0 Å².